The SMILES string of the molecule is C=[S-](=O)ON1CC=CCC(NC(=O)N(C)C)C1C(=O)O. The lowest BCUT2D eigenvalue weighted by atomic mass is 10.1. The van der Waals surface area contributed by atoms with Gasteiger partial charge in [-0.2, -0.15) is 10.9 Å². The van der Waals surface area contributed by atoms with Crippen molar-refractivity contribution in [3.05, 3.63) is 12.2 Å². The summed E-state index contributed by atoms with van der Waals surface area (Å²) in [5.41, 5.74) is 0. The third-order valence-corrected chi connectivity index (χ3v) is 3.04. The zero-order valence-corrected chi connectivity index (χ0v) is 12.1. The number of urea groups is 1. The lowest BCUT2D eigenvalue weighted by molar-refractivity contribution is -0.158. The van der Waals surface area contributed by atoms with Crippen LogP contribution in [0.25, 0.3) is 0 Å². The van der Waals surface area contributed by atoms with Crippen LogP contribution < -0.4 is 5.32 Å². The molecule has 0 spiro atoms. The predicted molar refractivity (Wildman–Crippen MR) is 74.2 cm³/mol. The van der Waals surface area contributed by atoms with Crippen LogP contribution in [0.5, 0.6) is 0 Å². The molecule has 9 heteroatoms. The summed E-state index contributed by atoms with van der Waals surface area (Å²) < 4.78 is 16.0. The lowest BCUT2D eigenvalue weighted by Gasteiger charge is -2.33. The molecule has 1 aliphatic rings. The van der Waals surface area contributed by atoms with Gasteiger partial charge in [0.2, 0.25) is 0 Å². The first kappa shape index (κ1) is 16.5. The second kappa shape index (κ2) is 7.27. The summed E-state index contributed by atoms with van der Waals surface area (Å²) in [6, 6.07) is -2.27. The first-order chi connectivity index (χ1) is 9.32. The van der Waals surface area contributed by atoms with E-state index >= 15 is 0 Å². The van der Waals surface area contributed by atoms with E-state index in [1.807, 2.05) is 0 Å². The summed E-state index contributed by atoms with van der Waals surface area (Å²) in [5.74, 6) is 1.99. The third-order valence-electron chi connectivity index (χ3n) is 2.68. The predicted octanol–water partition coefficient (Wildman–Crippen LogP) is -0.416. The van der Waals surface area contributed by atoms with E-state index in [1.54, 1.807) is 26.2 Å². The molecule has 1 aliphatic heterocycles. The highest BCUT2D eigenvalue weighted by atomic mass is 32.2. The largest absolute Gasteiger partial charge is 0.480 e. The van der Waals surface area contributed by atoms with Crippen LogP contribution in [-0.4, -0.2) is 65.7 Å². The number of carboxylic acids is 1. The van der Waals surface area contributed by atoms with Gasteiger partial charge in [0.1, 0.15) is 0 Å². The van der Waals surface area contributed by atoms with Crippen LogP contribution in [0.2, 0.25) is 0 Å². The molecular weight excluding hydrogens is 286 g/mol. The highest BCUT2D eigenvalue weighted by molar-refractivity contribution is 7.77. The van der Waals surface area contributed by atoms with Crippen molar-refractivity contribution in [2.75, 3.05) is 20.6 Å². The number of aliphatic carboxylic acids is 1. The second-order valence-corrected chi connectivity index (χ2v) is 5.18. The molecule has 0 saturated carbocycles. The van der Waals surface area contributed by atoms with Gasteiger partial charge in [-0.05, 0) is 6.42 Å². The number of rotatable bonds is 4. The van der Waals surface area contributed by atoms with Crippen LogP contribution in [0.4, 0.5) is 4.79 Å². The van der Waals surface area contributed by atoms with Gasteiger partial charge in [0, 0.05) is 20.6 Å². The summed E-state index contributed by atoms with van der Waals surface area (Å²) in [6.07, 6.45) is 3.76. The zero-order chi connectivity index (χ0) is 15.3. The number of amides is 2. The van der Waals surface area contributed by atoms with Crippen molar-refractivity contribution in [2.45, 2.75) is 18.5 Å². The molecule has 1 heterocycles. The normalized spacial score (nSPS) is 23.4. The lowest BCUT2D eigenvalue weighted by Crippen LogP contribution is -2.56. The zero-order valence-electron chi connectivity index (χ0n) is 11.3. The summed E-state index contributed by atoms with van der Waals surface area (Å²) in [7, 11) is 1.22. The fourth-order valence-corrected chi connectivity index (χ4v) is 2.14. The molecule has 0 aromatic rings. The monoisotopic (exact) mass is 304 g/mol. The summed E-state index contributed by atoms with van der Waals surface area (Å²) in [6.45, 7) is 0.145. The molecule has 1 rings (SSSR count). The minimum atomic E-state index is -1.89. The van der Waals surface area contributed by atoms with Crippen molar-refractivity contribution in [3.8, 4) is 0 Å². The van der Waals surface area contributed by atoms with Gasteiger partial charge < -0.3 is 23.8 Å². The Hall–Kier alpha value is -1.58. The molecule has 114 valence electrons. The Morgan fingerprint density at radius 1 is 1.50 bits per heavy atom. The number of hydrogen-bond acceptors (Lipinski definition) is 6. The summed E-state index contributed by atoms with van der Waals surface area (Å²) in [5, 5.41) is 13.0. The van der Waals surface area contributed by atoms with Gasteiger partial charge in [-0.25, -0.2) is 4.79 Å². The van der Waals surface area contributed by atoms with E-state index in [2.05, 4.69) is 11.2 Å². The van der Waals surface area contributed by atoms with Crippen molar-refractivity contribution < 1.29 is 23.2 Å². The van der Waals surface area contributed by atoms with E-state index in [0.29, 0.717) is 6.42 Å². The quantitative estimate of drug-likeness (QED) is 0.416. The number of nitrogens with one attached hydrogen (secondary N) is 1. The van der Waals surface area contributed by atoms with E-state index in [0.717, 1.165) is 5.06 Å². The average Bonchev–Trinajstić information content (AvgIpc) is 2.50. The van der Waals surface area contributed by atoms with Crippen molar-refractivity contribution >= 4 is 28.5 Å². The molecule has 20 heavy (non-hydrogen) atoms. The fourth-order valence-electron chi connectivity index (χ4n) is 1.77. The maximum atomic E-state index is 11.7. The highest BCUT2D eigenvalue weighted by Gasteiger charge is 2.35. The Morgan fingerprint density at radius 2 is 2.15 bits per heavy atom. The molecular formula is C11H18N3O5S-. The molecule has 0 radical (unpaired) electrons. The smallest absolute Gasteiger partial charge is 0.325 e. The maximum Gasteiger partial charge on any atom is 0.325 e. The number of carbonyl (C=O) groups is 2. The Bertz CT molecular complexity index is 467. The topological polar surface area (TPSA) is 99.2 Å². The van der Waals surface area contributed by atoms with Gasteiger partial charge in [-0.1, -0.05) is 12.2 Å². The molecule has 2 atom stereocenters. The molecule has 0 saturated heterocycles. The molecule has 0 aromatic heterocycles. The number of nitrogens with zero attached hydrogens (tertiary/aromatic N) is 2. The minimum Gasteiger partial charge on any atom is -0.480 e. The number of hydrogen-bond donors (Lipinski definition) is 2. The highest BCUT2D eigenvalue weighted by Crippen LogP contribution is 2.15. The van der Waals surface area contributed by atoms with Crippen molar-refractivity contribution in [2.24, 2.45) is 0 Å². The van der Waals surface area contributed by atoms with Gasteiger partial charge in [0.15, 0.2) is 6.04 Å². The van der Waals surface area contributed by atoms with Crippen LogP contribution in [-0.2, 0) is 24.0 Å². The first-order valence-electron chi connectivity index (χ1n) is 5.85. The van der Waals surface area contributed by atoms with Gasteiger partial charge in [-0.3, -0.25) is 4.79 Å². The Balaban J connectivity index is 2.96. The minimum absolute atomic E-state index is 0.145. The van der Waals surface area contributed by atoms with Gasteiger partial charge in [0.05, 0.1) is 6.04 Å². The maximum absolute atomic E-state index is 11.7. The van der Waals surface area contributed by atoms with Crippen molar-refractivity contribution in [1.82, 2.24) is 15.3 Å². The molecule has 0 fully saturated rings. The van der Waals surface area contributed by atoms with Gasteiger partial charge in [-0.15, -0.1) is 10.7 Å². The van der Waals surface area contributed by atoms with E-state index in [4.69, 9.17) is 4.28 Å². The standard InChI is InChI=1S/C11H18N3O5S/c1-13(2)11(17)12-8-6-4-5-7-14(19-20(3)18)9(8)10(15)16/h4-5,8-9H,3,6-7H2,1-2H3,(H,12,17)(H,15,16)/q-1. The third kappa shape index (κ3) is 4.51. The number of hydroxylamine groups is 2. The average molecular weight is 304 g/mol. The van der Waals surface area contributed by atoms with Crippen LogP contribution in [0.3, 0.4) is 0 Å². The van der Waals surface area contributed by atoms with Gasteiger partial charge >= 0.3 is 12.0 Å². The Morgan fingerprint density at radius 3 is 2.65 bits per heavy atom. The molecule has 0 aliphatic carbocycles. The Labute approximate surface area is 119 Å². The van der Waals surface area contributed by atoms with E-state index < -0.39 is 34.8 Å². The van der Waals surface area contributed by atoms with Gasteiger partial charge in [0.25, 0.3) is 0 Å². The summed E-state index contributed by atoms with van der Waals surface area (Å²) in [4.78, 5) is 24.4. The van der Waals surface area contributed by atoms with E-state index in [-0.39, 0.29) is 6.54 Å². The molecule has 0 bridgehead atoms. The fraction of sp³-hybridized carbons (Fsp3) is 0.545. The van der Waals surface area contributed by atoms with Crippen LogP contribution in [0.1, 0.15) is 6.42 Å². The number of carbonyl (C=O) groups excluding carboxylic acids is 1. The van der Waals surface area contributed by atoms with Crippen molar-refractivity contribution in [3.63, 3.8) is 0 Å². The first-order valence-corrected chi connectivity index (χ1v) is 7.09. The van der Waals surface area contributed by atoms with E-state index in [1.165, 1.54) is 4.90 Å². The summed E-state index contributed by atoms with van der Waals surface area (Å²) >= 11 is 0. The van der Waals surface area contributed by atoms with E-state index in [9.17, 15) is 18.9 Å². The second-order valence-electron chi connectivity index (χ2n) is 4.42. The van der Waals surface area contributed by atoms with Crippen LogP contribution in [0, 0.1) is 0 Å². The van der Waals surface area contributed by atoms with Crippen molar-refractivity contribution in [1.29, 1.82) is 0 Å². The molecule has 0 aromatic carbocycles. The molecule has 8 nitrogen and oxygen atoms in total. The molecule has 2 amide bonds. The van der Waals surface area contributed by atoms with Crippen LogP contribution in [0.15, 0.2) is 12.2 Å². The molecule has 2 unspecified atom stereocenters. The Kier molecular flexibility index (Phi) is 5.99. The van der Waals surface area contributed by atoms with Crippen LogP contribution >= 0.6 is 0 Å². The number of carboxylic acid groups (broad SMARTS) is 1. The molecule has 2 N–H and O–H groups in total.